The highest BCUT2D eigenvalue weighted by Gasteiger charge is 2.55. The number of terminal acetylenes is 1. The van der Waals surface area contributed by atoms with E-state index in [1.807, 2.05) is 6.08 Å². The Morgan fingerprint density at radius 2 is 2.09 bits per heavy atom. The van der Waals surface area contributed by atoms with E-state index in [1.54, 1.807) is 5.57 Å². The minimum absolute atomic E-state index is 0.171. The molecule has 1 N–H and O–H groups in total. The monoisotopic (exact) mass is 310 g/mol. The third-order valence-corrected chi connectivity index (χ3v) is 7.23. The van der Waals surface area contributed by atoms with E-state index in [4.69, 9.17) is 6.42 Å². The van der Waals surface area contributed by atoms with Crippen molar-refractivity contribution < 1.29 is 9.90 Å². The molecule has 0 aromatic carbocycles. The summed E-state index contributed by atoms with van der Waals surface area (Å²) in [6.45, 7) is 0.257. The van der Waals surface area contributed by atoms with E-state index in [0.29, 0.717) is 30.0 Å². The maximum absolute atomic E-state index is 11.7. The molecule has 0 radical (unpaired) electrons. The molecule has 2 saturated carbocycles. The second-order valence-corrected chi connectivity index (χ2v) is 7.89. The number of ketones is 1. The first-order valence-corrected chi connectivity index (χ1v) is 9.22. The van der Waals surface area contributed by atoms with Crippen LogP contribution >= 0.6 is 0 Å². The van der Waals surface area contributed by atoms with Crippen LogP contribution in [0, 0.1) is 35.5 Å². The van der Waals surface area contributed by atoms with Crippen LogP contribution in [-0.4, -0.2) is 17.5 Å². The zero-order valence-electron chi connectivity index (χ0n) is 13.8. The minimum Gasteiger partial charge on any atom is -0.396 e. The number of aliphatic hydroxyl groups excluding tert-OH is 1. The van der Waals surface area contributed by atoms with Gasteiger partial charge in [-0.15, -0.1) is 12.3 Å². The van der Waals surface area contributed by atoms with Gasteiger partial charge in [0.15, 0.2) is 5.78 Å². The molecular formula is C21H26O2. The van der Waals surface area contributed by atoms with Crippen LogP contribution in [-0.2, 0) is 4.79 Å². The summed E-state index contributed by atoms with van der Waals surface area (Å²) in [5.41, 5.74) is 4.66. The molecule has 0 bridgehead atoms. The number of allylic oxidation sites excluding steroid dienone is 4. The lowest BCUT2D eigenvalue weighted by atomic mass is 9.54. The fraction of sp³-hybridized carbons (Fsp3) is 0.667. The lowest BCUT2D eigenvalue weighted by molar-refractivity contribution is -0.114. The Hall–Kier alpha value is -1.33. The number of hydrogen-bond acceptors (Lipinski definition) is 2. The van der Waals surface area contributed by atoms with E-state index in [9.17, 15) is 9.90 Å². The number of carbonyl (C=O) groups excluding carboxylic acids is 1. The predicted octanol–water partition coefficient (Wildman–Crippen LogP) is 3.80. The van der Waals surface area contributed by atoms with Crippen molar-refractivity contribution in [2.75, 3.05) is 6.61 Å². The molecule has 4 aliphatic carbocycles. The maximum Gasteiger partial charge on any atom is 0.156 e. The number of carbonyl (C=O) groups is 1. The smallest absolute Gasteiger partial charge is 0.156 e. The molecule has 2 fully saturated rings. The van der Waals surface area contributed by atoms with E-state index in [-0.39, 0.29) is 12.0 Å². The van der Waals surface area contributed by atoms with Gasteiger partial charge in [-0.3, -0.25) is 4.79 Å². The van der Waals surface area contributed by atoms with Crippen LogP contribution < -0.4 is 0 Å². The average molecular weight is 310 g/mol. The SMILES string of the molecule is C#C[C@@H]1CC[C@H]2[C@@H]3CCC4=CC(=O)CCC4=C3CCC12CCO. The Kier molecular flexibility index (Phi) is 3.73. The topological polar surface area (TPSA) is 37.3 Å². The van der Waals surface area contributed by atoms with Crippen LogP contribution in [0.3, 0.4) is 0 Å². The van der Waals surface area contributed by atoms with Crippen LogP contribution in [0.4, 0.5) is 0 Å². The first-order valence-electron chi connectivity index (χ1n) is 9.22. The van der Waals surface area contributed by atoms with E-state index in [1.165, 1.54) is 24.0 Å². The van der Waals surface area contributed by atoms with E-state index >= 15 is 0 Å². The van der Waals surface area contributed by atoms with Crippen LogP contribution in [0.5, 0.6) is 0 Å². The molecule has 0 aromatic rings. The van der Waals surface area contributed by atoms with Crippen molar-refractivity contribution in [3.63, 3.8) is 0 Å². The summed E-state index contributed by atoms with van der Waals surface area (Å²) in [5, 5.41) is 9.66. The lowest BCUT2D eigenvalue weighted by Gasteiger charge is -2.50. The molecule has 122 valence electrons. The van der Waals surface area contributed by atoms with Crippen molar-refractivity contribution in [1.82, 2.24) is 0 Å². The predicted molar refractivity (Wildman–Crippen MR) is 90.5 cm³/mol. The minimum atomic E-state index is 0.171. The molecule has 4 atom stereocenters. The highest BCUT2D eigenvalue weighted by Crippen LogP contribution is 2.63. The molecule has 23 heavy (non-hydrogen) atoms. The number of hydrogen-bond donors (Lipinski definition) is 1. The van der Waals surface area contributed by atoms with Crippen LogP contribution in [0.1, 0.15) is 57.8 Å². The number of fused-ring (bicyclic) bond motifs is 4. The van der Waals surface area contributed by atoms with Crippen molar-refractivity contribution in [1.29, 1.82) is 0 Å². The molecule has 4 aliphatic rings. The first kappa shape index (κ1) is 15.2. The summed E-state index contributed by atoms with van der Waals surface area (Å²) in [5.74, 6) is 5.01. The Labute approximate surface area is 139 Å². The molecule has 0 amide bonds. The fourth-order valence-electron chi connectivity index (χ4n) is 6.29. The molecule has 4 rings (SSSR count). The Morgan fingerprint density at radius 3 is 2.87 bits per heavy atom. The van der Waals surface area contributed by atoms with Crippen molar-refractivity contribution >= 4 is 5.78 Å². The zero-order chi connectivity index (χ0) is 16.0. The van der Waals surface area contributed by atoms with Crippen LogP contribution in [0.2, 0.25) is 0 Å². The van der Waals surface area contributed by atoms with Gasteiger partial charge in [-0.1, -0.05) is 5.57 Å². The van der Waals surface area contributed by atoms with Gasteiger partial charge in [0, 0.05) is 18.9 Å². The molecule has 0 saturated heterocycles. The molecule has 0 aromatic heterocycles. The molecule has 2 heteroatoms. The van der Waals surface area contributed by atoms with Crippen LogP contribution in [0.15, 0.2) is 22.8 Å². The summed E-state index contributed by atoms with van der Waals surface area (Å²) >= 11 is 0. The van der Waals surface area contributed by atoms with Crippen molar-refractivity contribution in [2.24, 2.45) is 23.2 Å². The normalized spacial score (nSPS) is 39.2. The van der Waals surface area contributed by atoms with Gasteiger partial charge < -0.3 is 5.11 Å². The molecule has 2 nitrogen and oxygen atoms in total. The van der Waals surface area contributed by atoms with Crippen molar-refractivity contribution in [3.8, 4) is 12.3 Å². The van der Waals surface area contributed by atoms with Gasteiger partial charge in [0.25, 0.3) is 0 Å². The second kappa shape index (κ2) is 5.64. The van der Waals surface area contributed by atoms with Gasteiger partial charge in [-0.2, -0.15) is 0 Å². The summed E-state index contributed by atoms with van der Waals surface area (Å²) < 4.78 is 0. The van der Waals surface area contributed by atoms with Gasteiger partial charge in [-0.05, 0) is 85.8 Å². The summed E-state index contributed by atoms with van der Waals surface area (Å²) in [7, 11) is 0. The summed E-state index contributed by atoms with van der Waals surface area (Å²) in [4.78, 5) is 11.7. The lowest BCUT2D eigenvalue weighted by Crippen LogP contribution is -2.42. The van der Waals surface area contributed by atoms with Crippen LogP contribution in [0.25, 0.3) is 0 Å². The Bertz CT molecular complexity index is 633. The molecule has 0 heterocycles. The van der Waals surface area contributed by atoms with E-state index in [0.717, 1.165) is 38.5 Å². The average Bonchev–Trinajstić information content (AvgIpc) is 2.93. The van der Waals surface area contributed by atoms with E-state index < -0.39 is 0 Å². The van der Waals surface area contributed by atoms with Gasteiger partial charge >= 0.3 is 0 Å². The highest BCUT2D eigenvalue weighted by atomic mass is 16.3. The molecule has 0 spiro atoms. The maximum atomic E-state index is 11.7. The summed E-state index contributed by atoms with van der Waals surface area (Å²) in [6.07, 6.45) is 17.1. The molecular weight excluding hydrogens is 284 g/mol. The second-order valence-electron chi connectivity index (χ2n) is 7.89. The third-order valence-electron chi connectivity index (χ3n) is 7.23. The van der Waals surface area contributed by atoms with Crippen molar-refractivity contribution in [2.45, 2.75) is 57.8 Å². The molecule has 0 aliphatic heterocycles. The number of aliphatic hydroxyl groups is 1. The van der Waals surface area contributed by atoms with Gasteiger partial charge in [0.05, 0.1) is 0 Å². The molecule has 1 unspecified atom stereocenters. The first-order chi connectivity index (χ1) is 11.2. The van der Waals surface area contributed by atoms with E-state index in [2.05, 4.69) is 5.92 Å². The largest absolute Gasteiger partial charge is 0.396 e. The van der Waals surface area contributed by atoms with Gasteiger partial charge in [0.1, 0.15) is 0 Å². The van der Waals surface area contributed by atoms with Crippen molar-refractivity contribution in [3.05, 3.63) is 22.8 Å². The Balaban J connectivity index is 1.73. The van der Waals surface area contributed by atoms with Gasteiger partial charge in [0.2, 0.25) is 0 Å². The quantitative estimate of drug-likeness (QED) is 0.788. The highest BCUT2D eigenvalue weighted by molar-refractivity contribution is 5.93. The zero-order valence-corrected chi connectivity index (χ0v) is 13.8. The third kappa shape index (κ3) is 2.17. The number of rotatable bonds is 2. The Morgan fingerprint density at radius 1 is 1.22 bits per heavy atom. The standard InChI is InChI=1S/C21H26O2/c1-2-15-4-8-20-19-6-3-14-13-16(23)5-7-17(14)18(19)9-10-21(15,20)11-12-22/h1,13,15,19-20,22H,3-12H2/t15-,19-,20+,21?/m1/s1. The summed E-state index contributed by atoms with van der Waals surface area (Å²) in [6, 6.07) is 0. The fourth-order valence-corrected chi connectivity index (χ4v) is 6.29. The van der Waals surface area contributed by atoms with Gasteiger partial charge in [-0.25, -0.2) is 0 Å².